The molecule has 0 fully saturated rings. The SMILES string of the molecule is CCN(C(=O)C(F)(F)C(F)(F)C(F)(F)F)C(C)Cc1ccc2c(c1)OCO2. The molecule has 1 aliphatic rings. The van der Waals surface area contributed by atoms with Crippen LogP contribution in [0.5, 0.6) is 11.5 Å². The maximum Gasteiger partial charge on any atom is 0.460 e. The summed E-state index contributed by atoms with van der Waals surface area (Å²) in [4.78, 5) is 12.2. The quantitative estimate of drug-likeness (QED) is 0.674. The van der Waals surface area contributed by atoms with Gasteiger partial charge in [0.25, 0.3) is 5.91 Å². The van der Waals surface area contributed by atoms with Gasteiger partial charge in [0.1, 0.15) is 0 Å². The number of halogens is 7. The Bertz CT molecular complexity index is 706. The number of nitrogens with zero attached hydrogens (tertiary/aromatic N) is 1. The Kier molecular flexibility index (Phi) is 5.53. The fourth-order valence-corrected chi connectivity index (χ4v) is 2.67. The number of rotatable bonds is 6. The van der Waals surface area contributed by atoms with Crippen molar-refractivity contribution in [3.8, 4) is 11.5 Å². The van der Waals surface area contributed by atoms with Crippen molar-refractivity contribution in [3.63, 3.8) is 0 Å². The minimum Gasteiger partial charge on any atom is -0.454 e. The molecule has 1 aliphatic heterocycles. The molecule has 0 spiro atoms. The number of alkyl halides is 7. The summed E-state index contributed by atoms with van der Waals surface area (Å²) in [7, 11) is 0. The number of hydrogen-bond donors (Lipinski definition) is 0. The molecule has 0 saturated heterocycles. The van der Waals surface area contributed by atoms with E-state index in [0.717, 1.165) is 0 Å². The van der Waals surface area contributed by atoms with E-state index >= 15 is 0 Å². The number of ether oxygens (including phenoxy) is 2. The molecule has 4 nitrogen and oxygen atoms in total. The molecule has 11 heteroatoms. The average Bonchev–Trinajstić information content (AvgIpc) is 3.01. The van der Waals surface area contributed by atoms with Crippen molar-refractivity contribution in [2.24, 2.45) is 0 Å². The third-order valence-corrected chi connectivity index (χ3v) is 4.12. The van der Waals surface area contributed by atoms with Gasteiger partial charge in [-0.15, -0.1) is 0 Å². The molecule has 0 aliphatic carbocycles. The summed E-state index contributed by atoms with van der Waals surface area (Å²) in [6.07, 6.45) is -6.63. The van der Waals surface area contributed by atoms with E-state index < -0.39 is 36.5 Å². The van der Waals surface area contributed by atoms with Crippen LogP contribution in [0, 0.1) is 0 Å². The highest BCUT2D eigenvalue weighted by atomic mass is 19.4. The largest absolute Gasteiger partial charge is 0.460 e. The Balaban J connectivity index is 2.20. The molecule has 0 saturated carbocycles. The highest BCUT2D eigenvalue weighted by molar-refractivity contribution is 5.85. The van der Waals surface area contributed by atoms with Gasteiger partial charge >= 0.3 is 18.0 Å². The maximum absolute atomic E-state index is 13.7. The standard InChI is InChI=1S/C16H16F7NO3/c1-3-24(13(25)14(17,18)15(19,20)16(21,22)23)9(2)6-10-4-5-11-12(7-10)27-8-26-11/h4-5,7,9H,3,6,8H2,1-2H3. The summed E-state index contributed by atoms with van der Waals surface area (Å²) in [6, 6.07) is 3.53. The summed E-state index contributed by atoms with van der Waals surface area (Å²) < 4.78 is 101. The van der Waals surface area contributed by atoms with Crippen molar-refractivity contribution >= 4 is 5.91 Å². The fraction of sp³-hybridized carbons (Fsp3) is 0.562. The van der Waals surface area contributed by atoms with Gasteiger partial charge in [-0.1, -0.05) is 6.07 Å². The molecule has 1 amide bonds. The van der Waals surface area contributed by atoms with Crippen LogP contribution >= 0.6 is 0 Å². The zero-order valence-electron chi connectivity index (χ0n) is 14.2. The van der Waals surface area contributed by atoms with Gasteiger partial charge in [0, 0.05) is 12.6 Å². The van der Waals surface area contributed by atoms with Crippen molar-refractivity contribution in [1.29, 1.82) is 0 Å². The molecule has 0 aromatic heterocycles. The van der Waals surface area contributed by atoms with E-state index in [-0.39, 0.29) is 13.2 Å². The molecule has 1 aromatic rings. The van der Waals surface area contributed by atoms with E-state index in [0.29, 0.717) is 22.0 Å². The highest BCUT2D eigenvalue weighted by Gasteiger charge is 2.76. The zero-order valence-corrected chi connectivity index (χ0v) is 14.2. The molecular formula is C16H16F7NO3. The third kappa shape index (κ3) is 3.77. The predicted octanol–water partition coefficient (Wildman–Crippen LogP) is 4.03. The second-order valence-corrected chi connectivity index (χ2v) is 5.98. The molecule has 152 valence electrons. The van der Waals surface area contributed by atoms with Crippen LogP contribution in [0.4, 0.5) is 30.7 Å². The minimum atomic E-state index is -6.56. The molecule has 1 aromatic carbocycles. The van der Waals surface area contributed by atoms with Crippen LogP contribution in [0.2, 0.25) is 0 Å². The number of likely N-dealkylation sites (N-methyl/N-ethyl adjacent to an activating group) is 1. The highest BCUT2D eigenvalue weighted by Crippen LogP contribution is 2.47. The first-order valence-electron chi connectivity index (χ1n) is 7.84. The van der Waals surface area contributed by atoms with Gasteiger partial charge in [-0.25, -0.2) is 0 Å². The molecule has 2 rings (SSSR count). The Hall–Kier alpha value is -2.20. The smallest absolute Gasteiger partial charge is 0.454 e. The van der Waals surface area contributed by atoms with Gasteiger partial charge in [-0.2, -0.15) is 30.7 Å². The Morgan fingerprint density at radius 3 is 2.26 bits per heavy atom. The third-order valence-electron chi connectivity index (χ3n) is 4.12. The van der Waals surface area contributed by atoms with Gasteiger partial charge in [0.05, 0.1) is 0 Å². The summed E-state index contributed by atoms with van der Waals surface area (Å²) in [6.45, 7) is 1.99. The van der Waals surface area contributed by atoms with Gasteiger partial charge in [0.15, 0.2) is 11.5 Å². The number of amides is 1. The zero-order chi connectivity index (χ0) is 20.6. The van der Waals surface area contributed by atoms with Gasteiger partial charge < -0.3 is 14.4 Å². The minimum absolute atomic E-state index is 0.00728. The fourth-order valence-electron chi connectivity index (χ4n) is 2.67. The summed E-state index contributed by atoms with van der Waals surface area (Å²) in [5.41, 5.74) is 0.504. The predicted molar refractivity (Wildman–Crippen MR) is 79.1 cm³/mol. The molecular weight excluding hydrogens is 387 g/mol. The average molecular weight is 403 g/mol. The number of hydrogen-bond acceptors (Lipinski definition) is 3. The summed E-state index contributed by atoms with van der Waals surface area (Å²) >= 11 is 0. The Morgan fingerprint density at radius 2 is 1.70 bits per heavy atom. The lowest BCUT2D eigenvalue weighted by atomic mass is 10.0. The van der Waals surface area contributed by atoms with Crippen molar-refractivity contribution in [3.05, 3.63) is 23.8 Å². The van der Waals surface area contributed by atoms with Crippen LogP contribution in [-0.4, -0.2) is 48.2 Å². The van der Waals surface area contributed by atoms with Crippen molar-refractivity contribution in [1.82, 2.24) is 4.90 Å². The number of carbonyl (C=O) groups excluding carboxylic acids is 1. The maximum atomic E-state index is 13.7. The van der Waals surface area contributed by atoms with Crippen molar-refractivity contribution < 1.29 is 45.0 Å². The van der Waals surface area contributed by atoms with E-state index in [1.165, 1.54) is 26.0 Å². The lowest BCUT2D eigenvalue weighted by Gasteiger charge is -2.34. The van der Waals surface area contributed by atoms with Crippen molar-refractivity contribution in [2.75, 3.05) is 13.3 Å². The Morgan fingerprint density at radius 1 is 1.11 bits per heavy atom. The van der Waals surface area contributed by atoms with Gasteiger partial charge in [0.2, 0.25) is 6.79 Å². The van der Waals surface area contributed by atoms with Crippen LogP contribution in [0.3, 0.4) is 0 Å². The van der Waals surface area contributed by atoms with Crippen molar-refractivity contribution in [2.45, 2.75) is 44.3 Å². The number of fused-ring (bicyclic) bond motifs is 1. The molecule has 27 heavy (non-hydrogen) atoms. The molecule has 0 N–H and O–H groups in total. The van der Waals surface area contributed by atoms with Gasteiger partial charge in [-0.05, 0) is 38.0 Å². The first-order chi connectivity index (χ1) is 12.3. The first kappa shape index (κ1) is 21.1. The lowest BCUT2D eigenvalue weighted by Crippen LogP contribution is -2.61. The second kappa shape index (κ2) is 7.08. The van der Waals surface area contributed by atoms with E-state index in [1.54, 1.807) is 6.07 Å². The topological polar surface area (TPSA) is 38.8 Å². The molecule has 0 bridgehead atoms. The van der Waals surface area contributed by atoms with E-state index in [9.17, 15) is 35.5 Å². The lowest BCUT2D eigenvalue weighted by molar-refractivity contribution is -0.346. The van der Waals surface area contributed by atoms with E-state index in [1.807, 2.05) is 0 Å². The number of carbonyl (C=O) groups is 1. The molecule has 1 atom stereocenters. The van der Waals surface area contributed by atoms with E-state index in [4.69, 9.17) is 9.47 Å². The second-order valence-electron chi connectivity index (χ2n) is 5.98. The normalized spacial score (nSPS) is 15.6. The molecule has 1 heterocycles. The molecule has 1 unspecified atom stereocenters. The van der Waals surface area contributed by atoms with Crippen LogP contribution in [0.25, 0.3) is 0 Å². The monoisotopic (exact) mass is 403 g/mol. The van der Waals surface area contributed by atoms with Crippen LogP contribution in [0.1, 0.15) is 19.4 Å². The van der Waals surface area contributed by atoms with Crippen LogP contribution < -0.4 is 9.47 Å². The Labute approximate surface area is 149 Å². The van der Waals surface area contributed by atoms with Crippen LogP contribution in [0.15, 0.2) is 18.2 Å². The molecule has 0 radical (unpaired) electrons. The number of benzene rings is 1. The van der Waals surface area contributed by atoms with Gasteiger partial charge in [-0.3, -0.25) is 4.79 Å². The van der Waals surface area contributed by atoms with Crippen LogP contribution in [-0.2, 0) is 11.2 Å². The summed E-state index contributed by atoms with van der Waals surface area (Å²) in [5, 5.41) is 0. The first-order valence-corrected chi connectivity index (χ1v) is 7.84. The summed E-state index contributed by atoms with van der Waals surface area (Å²) in [5.74, 6) is -14.2. The van der Waals surface area contributed by atoms with E-state index in [2.05, 4.69) is 0 Å².